The topological polar surface area (TPSA) is 47.6 Å². The normalized spacial score (nSPS) is 11.7. The summed E-state index contributed by atoms with van der Waals surface area (Å²) >= 11 is 1.66. The van der Waals surface area contributed by atoms with Gasteiger partial charge in [-0.3, -0.25) is 0 Å². The first kappa shape index (κ1) is 9.22. The van der Waals surface area contributed by atoms with Crippen molar-refractivity contribution < 1.29 is 4.84 Å². The first-order valence-corrected chi connectivity index (χ1v) is 4.59. The summed E-state index contributed by atoms with van der Waals surface area (Å²) in [5, 5.41) is 5.83. The number of oxime groups is 1. The van der Waals surface area contributed by atoms with Gasteiger partial charge in [0.2, 0.25) is 0 Å². The molecule has 3 nitrogen and oxygen atoms in total. The zero-order valence-electron chi connectivity index (χ0n) is 6.99. The zero-order valence-corrected chi connectivity index (χ0v) is 7.80. The Balaban J connectivity index is 2.28. The smallest absolute Gasteiger partial charge is 0.151 e. The number of rotatable bonds is 4. The van der Waals surface area contributed by atoms with Crippen molar-refractivity contribution in [2.45, 2.75) is 13.5 Å². The van der Waals surface area contributed by atoms with Gasteiger partial charge in [0.25, 0.3) is 0 Å². The fourth-order valence-corrected chi connectivity index (χ4v) is 1.25. The Kier molecular flexibility index (Phi) is 3.76. The molecular formula is C8H12N2OS. The molecule has 0 radical (unpaired) electrons. The van der Waals surface area contributed by atoms with Crippen LogP contribution in [0.1, 0.15) is 11.8 Å². The molecule has 1 heterocycles. The second kappa shape index (κ2) is 4.90. The van der Waals surface area contributed by atoms with E-state index in [0.29, 0.717) is 13.2 Å². The molecule has 0 spiro atoms. The van der Waals surface area contributed by atoms with E-state index in [4.69, 9.17) is 10.6 Å². The first-order chi connectivity index (χ1) is 5.83. The first-order valence-electron chi connectivity index (χ1n) is 3.71. The van der Waals surface area contributed by atoms with Gasteiger partial charge in [0.15, 0.2) is 6.61 Å². The standard InChI is InChI=1S/C8H12N2OS/c1-7(5-9)10-11-6-8-3-2-4-12-8/h2-4H,5-6,9H2,1H3. The van der Waals surface area contributed by atoms with Crippen LogP contribution in [-0.2, 0) is 11.4 Å². The van der Waals surface area contributed by atoms with Crippen LogP contribution in [0, 0.1) is 0 Å². The lowest BCUT2D eigenvalue weighted by Gasteiger charge is -1.97. The molecule has 0 saturated carbocycles. The van der Waals surface area contributed by atoms with Crippen molar-refractivity contribution in [3.05, 3.63) is 22.4 Å². The Morgan fingerprint density at radius 3 is 3.17 bits per heavy atom. The van der Waals surface area contributed by atoms with Gasteiger partial charge in [-0.05, 0) is 18.4 Å². The molecule has 0 bridgehead atoms. The molecule has 0 fully saturated rings. The van der Waals surface area contributed by atoms with Gasteiger partial charge in [-0.1, -0.05) is 11.2 Å². The average Bonchev–Trinajstić information content (AvgIpc) is 2.57. The average molecular weight is 184 g/mol. The summed E-state index contributed by atoms with van der Waals surface area (Å²) in [4.78, 5) is 6.22. The van der Waals surface area contributed by atoms with E-state index in [9.17, 15) is 0 Å². The van der Waals surface area contributed by atoms with Crippen LogP contribution in [0.15, 0.2) is 22.7 Å². The van der Waals surface area contributed by atoms with E-state index in [-0.39, 0.29) is 0 Å². The van der Waals surface area contributed by atoms with Gasteiger partial charge >= 0.3 is 0 Å². The van der Waals surface area contributed by atoms with E-state index >= 15 is 0 Å². The summed E-state index contributed by atoms with van der Waals surface area (Å²) in [5.74, 6) is 0. The molecule has 0 aromatic carbocycles. The van der Waals surface area contributed by atoms with Gasteiger partial charge in [0.1, 0.15) is 0 Å². The van der Waals surface area contributed by atoms with Crippen LogP contribution in [0.5, 0.6) is 0 Å². The van der Waals surface area contributed by atoms with Gasteiger partial charge in [-0.15, -0.1) is 11.3 Å². The van der Waals surface area contributed by atoms with Crippen LogP contribution in [0.3, 0.4) is 0 Å². The van der Waals surface area contributed by atoms with Crippen LogP contribution in [-0.4, -0.2) is 12.3 Å². The Hall–Kier alpha value is -0.870. The lowest BCUT2D eigenvalue weighted by molar-refractivity contribution is 0.132. The summed E-state index contributed by atoms with van der Waals surface area (Å²) in [6, 6.07) is 4.00. The minimum atomic E-state index is 0.449. The summed E-state index contributed by atoms with van der Waals surface area (Å²) in [6.45, 7) is 2.83. The van der Waals surface area contributed by atoms with Gasteiger partial charge < -0.3 is 10.6 Å². The van der Waals surface area contributed by atoms with E-state index in [0.717, 1.165) is 5.71 Å². The highest BCUT2D eigenvalue weighted by molar-refractivity contribution is 7.09. The maximum atomic E-state index is 5.32. The quantitative estimate of drug-likeness (QED) is 0.570. The number of nitrogens with two attached hydrogens (primary N) is 1. The fraction of sp³-hybridized carbons (Fsp3) is 0.375. The Bertz CT molecular complexity index is 244. The molecular weight excluding hydrogens is 172 g/mol. The Labute approximate surface area is 75.8 Å². The van der Waals surface area contributed by atoms with Crippen molar-refractivity contribution in [2.75, 3.05) is 6.54 Å². The molecule has 1 rings (SSSR count). The van der Waals surface area contributed by atoms with Crippen molar-refractivity contribution in [1.29, 1.82) is 0 Å². The SMILES string of the molecule is CC(CN)=NOCc1cccs1. The summed E-state index contributed by atoms with van der Waals surface area (Å²) in [6.07, 6.45) is 0. The Morgan fingerprint density at radius 1 is 1.75 bits per heavy atom. The number of thiophene rings is 1. The number of hydrogen-bond acceptors (Lipinski definition) is 4. The van der Waals surface area contributed by atoms with Gasteiger partial charge in [-0.2, -0.15) is 0 Å². The van der Waals surface area contributed by atoms with Crippen LogP contribution in [0.2, 0.25) is 0 Å². The van der Waals surface area contributed by atoms with Gasteiger partial charge in [0, 0.05) is 11.4 Å². The monoisotopic (exact) mass is 184 g/mol. The molecule has 2 N–H and O–H groups in total. The minimum Gasteiger partial charge on any atom is -0.390 e. The van der Waals surface area contributed by atoms with Crippen molar-refractivity contribution in [2.24, 2.45) is 10.9 Å². The third-order valence-electron chi connectivity index (χ3n) is 1.30. The van der Waals surface area contributed by atoms with E-state index in [1.165, 1.54) is 4.88 Å². The van der Waals surface area contributed by atoms with E-state index < -0.39 is 0 Å². The molecule has 0 aliphatic heterocycles. The lowest BCUT2D eigenvalue weighted by Crippen LogP contribution is -2.09. The molecule has 66 valence electrons. The highest BCUT2D eigenvalue weighted by Crippen LogP contribution is 2.09. The molecule has 1 aromatic heterocycles. The van der Waals surface area contributed by atoms with E-state index in [1.54, 1.807) is 11.3 Å². The minimum absolute atomic E-state index is 0.449. The van der Waals surface area contributed by atoms with Crippen molar-refractivity contribution in [3.63, 3.8) is 0 Å². The largest absolute Gasteiger partial charge is 0.390 e. The second-order valence-electron chi connectivity index (χ2n) is 2.38. The maximum absolute atomic E-state index is 5.32. The summed E-state index contributed by atoms with van der Waals surface area (Å²) in [7, 11) is 0. The highest BCUT2D eigenvalue weighted by atomic mass is 32.1. The highest BCUT2D eigenvalue weighted by Gasteiger charge is 1.92. The van der Waals surface area contributed by atoms with E-state index in [1.807, 2.05) is 24.4 Å². The third kappa shape index (κ3) is 3.02. The molecule has 0 aliphatic rings. The zero-order chi connectivity index (χ0) is 8.81. The van der Waals surface area contributed by atoms with Crippen molar-refractivity contribution in [3.8, 4) is 0 Å². The van der Waals surface area contributed by atoms with Gasteiger partial charge in [0.05, 0.1) is 5.71 Å². The number of nitrogens with zero attached hydrogens (tertiary/aromatic N) is 1. The molecule has 0 saturated heterocycles. The molecule has 12 heavy (non-hydrogen) atoms. The molecule has 1 aromatic rings. The van der Waals surface area contributed by atoms with E-state index in [2.05, 4.69) is 5.16 Å². The number of hydrogen-bond donors (Lipinski definition) is 1. The molecule has 0 amide bonds. The van der Waals surface area contributed by atoms with Crippen LogP contribution in [0.25, 0.3) is 0 Å². The lowest BCUT2D eigenvalue weighted by atomic mass is 10.4. The maximum Gasteiger partial charge on any atom is 0.151 e. The van der Waals surface area contributed by atoms with Crippen LogP contribution < -0.4 is 5.73 Å². The summed E-state index contributed by atoms with van der Waals surface area (Å²) in [5.41, 5.74) is 6.13. The van der Waals surface area contributed by atoms with Crippen molar-refractivity contribution in [1.82, 2.24) is 0 Å². The van der Waals surface area contributed by atoms with Gasteiger partial charge in [-0.25, -0.2) is 0 Å². The molecule has 0 aliphatic carbocycles. The Morgan fingerprint density at radius 2 is 2.58 bits per heavy atom. The van der Waals surface area contributed by atoms with Crippen LogP contribution >= 0.6 is 11.3 Å². The predicted molar refractivity (Wildman–Crippen MR) is 51.3 cm³/mol. The second-order valence-corrected chi connectivity index (χ2v) is 3.42. The molecule has 0 unspecified atom stereocenters. The predicted octanol–water partition coefficient (Wildman–Crippen LogP) is 1.60. The summed E-state index contributed by atoms with van der Waals surface area (Å²) < 4.78 is 0. The molecule has 4 heteroatoms. The third-order valence-corrected chi connectivity index (χ3v) is 2.15. The molecule has 0 atom stereocenters. The fourth-order valence-electron chi connectivity index (χ4n) is 0.638. The van der Waals surface area contributed by atoms with Crippen molar-refractivity contribution >= 4 is 17.0 Å². The van der Waals surface area contributed by atoms with Crippen LogP contribution in [0.4, 0.5) is 0 Å².